The summed E-state index contributed by atoms with van der Waals surface area (Å²) in [5.41, 5.74) is 0.365. The molecular formula is C19H19FN4O4. The fraction of sp³-hybridized carbons (Fsp3) is 0.316. The van der Waals surface area contributed by atoms with Crippen LogP contribution in [0.5, 0.6) is 11.5 Å². The highest BCUT2D eigenvalue weighted by atomic mass is 19.1. The zero-order chi connectivity index (χ0) is 20.1. The summed E-state index contributed by atoms with van der Waals surface area (Å²) in [7, 11) is 1.46. The molecule has 1 aromatic heterocycles. The van der Waals surface area contributed by atoms with E-state index in [2.05, 4.69) is 10.3 Å². The molecule has 1 saturated heterocycles. The van der Waals surface area contributed by atoms with Crippen LogP contribution >= 0.6 is 0 Å². The van der Waals surface area contributed by atoms with Gasteiger partial charge in [-0.3, -0.25) is 0 Å². The first kappa shape index (κ1) is 19.2. The van der Waals surface area contributed by atoms with Gasteiger partial charge in [0.1, 0.15) is 11.9 Å². The molecule has 0 atom stereocenters. The van der Waals surface area contributed by atoms with Crippen molar-refractivity contribution in [3.8, 4) is 17.6 Å². The van der Waals surface area contributed by atoms with Crippen LogP contribution in [-0.4, -0.2) is 47.4 Å². The summed E-state index contributed by atoms with van der Waals surface area (Å²) in [5.74, 6) is 0.427. The number of nitrogens with one attached hydrogen (secondary N) is 1. The van der Waals surface area contributed by atoms with Crippen LogP contribution in [0.4, 0.5) is 20.7 Å². The number of pyridine rings is 1. The monoisotopic (exact) mass is 386 g/mol. The predicted octanol–water partition coefficient (Wildman–Crippen LogP) is 3.37. The average Bonchev–Trinajstić information content (AvgIpc) is 2.70. The number of methoxy groups -OCH3 is 1. The van der Waals surface area contributed by atoms with Crippen LogP contribution in [0.25, 0.3) is 0 Å². The molecule has 1 amide bonds. The van der Waals surface area contributed by atoms with Gasteiger partial charge in [0.25, 0.3) is 0 Å². The molecule has 8 nitrogen and oxygen atoms in total. The molecule has 146 valence electrons. The third kappa shape index (κ3) is 4.23. The maximum atomic E-state index is 14.2. The van der Waals surface area contributed by atoms with Gasteiger partial charge in [-0.25, -0.2) is 14.2 Å². The minimum absolute atomic E-state index is 0.150. The molecule has 1 aliphatic rings. The maximum Gasteiger partial charge on any atom is 0.407 e. The van der Waals surface area contributed by atoms with Crippen LogP contribution < -0.4 is 14.8 Å². The number of halogens is 1. The van der Waals surface area contributed by atoms with E-state index in [-0.39, 0.29) is 23.2 Å². The molecular weight excluding hydrogens is 367 g/mol. The molecule has 0 bridgehead atoms. The van der Waals surface area contributed by atoms with E-state index in [0.29, 0.717) is 37.4 Å². The first-order valence-electron chi connectivity index (χ1n) is 8.66. The van der Waals surface area contributed by atoms with Crippen LogP contribution in [0.2, 0.25) is 0 Å². The van der Waals surface area contributed by atoms with Crippen molar-refractivity contribution in [3.05, 3.63) is 41.8 Å². The minimum Gasteiger partial charge on any atom is -0.490 e. The molecule has 2 heterocycles. The Morgan fingerprint density at radius 2 is 2.14 bits per heavy atom. The van der Waals surface area contributed by atoms with E-state index in [4.69, 9.17) is 19.8 Å². The van der Waals surface area contributed by atoms with E-state index >= 15 is 0 Å². The highest BCUT2D eigenvalue weighted by molar-refractivity contribution is 5.67. The van der Waals surface area contributed by atoms with Crippen molar-refractivity contribution < 1.29 is 23.8 Å². The molecule has 3 rings (SSSR count). The van der Waals surface area contributed by atoms with Gasteiger partial charge in [0.2, 0.25) is 5.75 Å². The van der Waals surface area contributed by atoms with Gasteiger partial charge in [-0.15, -0.1) is 0 Å². The number of hydrogen-bond acceptors (Lipinski definition) is 6. The largest absolute Gasteiger partial charge is 0.490 e. The molecule has 1 aliphatic heterocycles. The van der Waals surface area contributed by atoms with Gasteiger partial charge in [0.15, 0.2) is 11.6 Å². The summed E-state index contributed by atoms with van der Waals surface area (Å²) in [6.45, 7) is 0.796. The summed E-state index contributed by atoms with van der Waals surface area (Å²) in [6.07, 6.45) is 1.53. The Balaban J connectivity index is 1.76. The molecule has 9 heteroatoms. The first-order chi connectivity index (χ1) is 13.5. The van der Waals surface area contributed by atoms with E-state index in [0.717, 1.165) is 6.07 Å². The number of anilines is 2. The topological polar surface area (TPSA) is 108 Å². The Hall–Kier alpha value is -3.54. The van der Waals surface area contributed by atoms with Crippen LogP contribution in [-0.2, 0) is 0 Å². The second-order valence-electron chi connectivity index (χ2n) is 6.21. The average molecular weight is 386 g/mol. The normalized spacial score (nSPS) is 14.2. The number of nitrogens with zero attached hydrogens (tertiary/aromatic N) is 3. The van der Waals surface area contributed by atoms with Crippen molar-refractivity contribution in [2.24, 2.45) is 0 Å². The number of piperidine rings is 1. The van der Waals surface area contributed by atoms with E-state index in [9.17, 15) is 9.18 Å². The second kappa shape index (κ2) is 8.43. The Kier molecular flexibility index (Phi) is 5.79. The van der Waals surface area contributed by atoms with E-state index in [1.807, 2.05) is 6.07 Å². The zero-order valence-corrected chi connectivity index (χ0v) is 15.2. The Labute approximate surface area is 161 Å². The standard InChI is InChI=1S/C19H19FN4O4/c1-27-17-16(28-13-5-8-24(9-6-13)19(25)26)4-7-22-18(17)23-15-3-2-12(11-21)10-14(15)20/h2-4,7,10,13H,5-6,8-9H2,1H3,(H,22,23)(H,25,26). The molecule has 0 unspecified atom stereocenters. The summed E-state index contributed by atoms with van der Waals surface area (Å²) in [5, 5.41) is 20.7. The van der Waals surface area contributed by atoms with Crippen molar-refractivity contribution in [1.82, 2.24) is 9.88 Å². The lowest BCUT2D eigenvalue weighted by Gasteiger charge is -2.30. The van der Waals surface area contributed by atoms with Gasteiger partial charge >= 0.3 is 6.09 Å². The number of amides is 1. The summed E-state index contributed by atoms with van der Waals surface area (Å²) >= 11 is 0. The van der Waals surface area contributed by atoms with E-state index < -0.39 is 11.9 Å². The number of ether oxygens (including phenoxy) is 2. The van der Waals surface area contributed by atoms with Crippen molar-refractivity contribution >= 4 is 17.6 Å². The lowest BCUT2D eigenvalue weighted by Crippen LogP contribution is -2.41. The molecule has 2 aromatic rings. The summed E-state index contributed by atoms with van der Waals surface area (Å²) in [4.78, 5) is 16.5. The van der Waals surface area contributed by atoms with Gasteiger partial charge < -0.3 is 24.8 Å². The summed E-state index contributed by atoms with van der Waals surface area (Å²) in [6, 6.07) is 7.59. The zero-order valence-electron chi connectivity index (χ0n) is 15.2. The summed E-state index contributed by atoms with van der Waals surface area (Å²) < 4.78 is 25.6. The maximum absolute atomic E-state index is 14.2. The van der Waals surface area contributed by atoms with E-state index in [1.165, 1.54) is 30.3 Å². The van der Waals surface area contributed by atoms with Crippen LogP contribution in [0, 0.1) is 17.1 Å². The van der Waals surface area contributed by atoms with Crippen molar-refractivity contribution in [1.29, 1.82) is 5.26 Å². The molecule has 0 spiro atoms. The smallest absolute Gasteiger partial charge is 0.407 e. The fourth-order valence-corrected chi connectivity index (χ4v) is 2.97. The highest BCUT2D eigenvalue weighted by Crippen LogP contribution is 2.36. The molecule has 0 saturated carbocycles. The van der Waals surface area contributed by atoms with Gasteiger partial charge in [-0.05, 0) is 18.2 Å². The minimum atomic E-state index is -0.934. The van der Waals surface area contributed by atoms with Gasteiger partial charge in [-0.1, -0.05) is 0 Å². The van der Waals surface area contributed by atoms with E-state index in [1.54, 1.807) is 6.07 Å². The van der Waals surface area contributed by atoms with Gasteiger partial charge in [-0.2, -0.15) is 5.26 Å². The third-order valence-corrected chi connectivity index (χ3v) is 4.43. The number of carboxylic acid groups (broad SMARTS) is 1. The fourth-order valence-electron chi connectivity index (χ4n) is 2.97. The highest BCUT2D eigenvalue weighted by Gasteiger charge is 2.25. The molecule has 0 radical (unpaired) electrons. The van der Waals surface area contributed by atoms with Gasteiger partial charge in [0.05, 0.1) is 24.4 Å². The molecule has 28 heavy (non-hydrogen) atoms. The molecule has 2 N–H and O–H groups in total. The predicted molar refractivity (Wildman–Crippen MR) is 98.4 cm³/mol. The third-order valence-electron chi connectivity index (χ3n) is 4.43. The Bertz CT molecular complexity index is 907. The first-order valence-corrected chi connectivity index (χ1v) is 8.66. The number of hydrogen-bond donors (Lipinski definition) is 2. The Morgan fingerprint density at radius 3 is 2.75 bits per heavy atom. The Morgan fingerprint density at radius 1 is 1.39 bits per heavy atom. The number of aromatic nitrogens is 1. The molecule has 0 aliphatic carbocycles. The van der Waals surface area contributed by atoms with Crippen LogP contribution in [0.3, 0.4) is 0 Å². The number of rotatable bonds is 5. The second-order valence-corrected chi connectivity index (χ2v) is 6.21. The number of nitriles is 1. The van der Waals surface area contributed by atoms with Crippen LogP contribution in [0.15, 0.2) is 30.5 Å². The SMILES string of the molecule is COc1c(OC2CCN(C(=O)O)CC2)ccnc1Nc1ccc(C#N)cc1F. The van der Waals surface area contributed by atoms with Crippen molar-refractivity contribution in [2.75, 3.05) is 25.5 Å². The number of carbonyl (C=O) groups is 1. The molecule has 1 fully saturated rings. The number of benzene rings is 1. The van der Waals surface area contributed by atoms with Crippen LogP contribution in [0.1, 0.15) is 18.4 Å². The van der Waals surface area contributed by atoms with Crippen molar-refractivity contribution in [2.45, 2.75) is 18.9 Å². The quantitative estimate of drug-likeness (QED) is 0.811. The molecule has 1 aromatic carbocycles. The lowest BCUT2D eigenvalue weighted by molar-refractivity contribution is 0.0878. The number of likely N-dealkylation sites (tertiary alicyclic amines) is 1. The lowest BCUT2D eigenvalue weighted by atomic mass is 10.1. The van der Waals surface area contributed by atoms with Crippen molar-refractivity contribution in [3.63, 3.8) is 0 Å². The van der Waals surface area contributed by atoms with Gasteiger partial charge in [0, 0.05) is 38.2 Å².